The van der Waals surface area contributed by atoms with Crippen molar-refractivity contribution in [2.24, 2.45) is 0 Å². The molecule has 1 saturated heterocycles. The van der Waals surface area contributed by atoms with Crippen molar-refractivity contribution >= 4 is 34.8 Å². The third-order valence-corrected chi connectivity index (χ3v) is 5.28. The fourth-order valence-corrected chi connectivity index (χ4v) is 3.90. The zero-order valence-electron chi connectivity index (χ0n) is 12.9. The molecule has 1 aliphatic heterocycles. The molecule has 1 unspecified atom stereocenters. The quantitative estimate of drug-likeness (QED) is 0.881. The number of likely N-dealkylation sites (tertiary alicyclic amines) is 1. The smallest absolute Gasteiger partial charge is 0.305 e. The van der Waals surface area contributed by atoms with E-state index in [9.17, 15) is 9.59 Å². The van der Waals surface area contributed by atoms with Gasteiger partial charge in [0.25, 0.3) is 0 Å². The van der Waals surface area contributed by atoms with Crippen molar-refractivity contribution < 1.29 is 14.7 Å². The van der Waals surface area contributed by atoms with Crippen LogP contribution in [0.25, 0.3) is 10.6 Å². The maximum absolute atomic E-state index is 12.5. The number of benzene rings is 1. The molecule has 0 radical (unpaired) electrons. The number of hydrogen-bond acceptors (Lipinski definition) is 4. The van der Waals surface area contributed by atoms with Crippen LogP contribution in [-0.4, -0.2) is 39.5 Å². The summed E-state index contributed by atoms with van der Waals surface area (Å²) in [6.45, 7) is 0.630. The predicted octanol–water partition coefficient (Wildman–Crippen LogP) is 3.47. The van der Waals surface area contributed by atoms with Gasteiger partial charge in [-0.1, -0.05) is 23.7 Å². The molecule has 1 amide bonds. The lowest BCUT2D eigenvalue weighted by Crippen LogP contribution is -2.37. The van der Waals surface area contributed by atoms with E-state index < -0.39 is 5.97 Å². The Morgan fingerprint density at radius 3 is 2.79 bits per heavy atom. The summed E-state index contributed by atoms with van der Waals surface area (Å²) >= 11 is 7.37. The zero-order chi connectivity index (χ0) is 17.1. The standard InChI is InChI=1S/C17H17ClN2O3S/c18-12-5-3-11(4-6-12)17-19-13(10-24-17)8-15(21)20-7-1-2-14(20)9-16(22)23/h3-6,10,14H,1-2,7-9H2,(H,22,23). The fourth-order valence-electron chi connectivity index (χ4n) is 2.95. The number of thiazole rings is 1. The van der Waals surface area contributed by atoms with Gasteiger partial charge in [-0.05, 0) is 25.0 Å². The maximum Gasteiger partial charge on any atom is 0.305 e. The van der Waals surface area contributed by atoms with Crippen molar-refractivity contribution in [1.82, 2.24) is 9.88 Å². The normalized spacial score (nSPS) is 17.2. The second kappa shape index (κ2) is 7.32. The Morgan fingerprint density at radius 1 is 1.33 bits per heavy atom. The lowest BCUT2D eigenvalue weighted by atomic mass is 10.1. The molecule has 5 nitrogen and oxygen atoms in total. The molecule has 2 heterocycles. The van der Waals surface area contributed by atoms with Crippen LogP contribution in [0.2, 0.25) is 5.02 Å². The molecular formula is C17H17ClN2O3S. The number of aromatic nitrogens is 1. The zero-order valence-corrected chi connectivity index (χ0v) is 14.5. The SMILES string of the molecule is O=C(O)CC1CCCN1C(=O)Cc1csc(-c2ccc(Cl)cc2)n1. The van der Waals surface area contributed by atoms with Gasteiger partial charge in [0.05, 0.1) is 18.5 Å². The van der Waals surface area contributed by atoms with Crippen LogP contribution in [0.3, 0.4) is 0 Å². The largest absolute Gasteiger partial charge is 0.481 e. The highest BCUT2D eigenvalue weighted by Gasteiger charge is 2.30. The number of aliphatic carboxylic acids is 1. The number of rotatable bonds is 5. The summed E-state index contributed by atoms with van der Waals surface area (Å²) in [5, 5.41) is 12.3. The number of nitrogens with zero attached hydrogens (tertiary/aromatic N) is 2. The number of amides is 1. The number of carbonyl (C=O) groups is 2. The average Bonchev–Trinajstić information content (AvgIpc) is 3.17. The number of hydrogen-bond donors (Lipinski definition) is 1. The van der Waals surface area contributed by atoms with Crippen molar-refractivity contribution in [2.75, 3.05) is 6.54 Å². The van der Waals surface area contributed by atoms with Crippen LogP contribution in [0.5, 0.6) is 0 Å². The number of halogens is 1. The van der Waals surface area contributed by atoms with Gasteiger partial charge >= 0.3 is 5.97 Å². The molecule has 1 aromatic carbocycles. The van der Waals surface area contributed by atoms with Crippen LogP contribution in [0.4, 0.5) is 0 Å². The predicted molar refractivity (Wildman–Crippen MR) is 93.3 cm³/mol. The number of carboxylic acids is 1. The maximum atomic E-state index is 12.5. The lowest BCUT2D eigenvalue weighted by molar-refractivity contribution is -0.139. The van der Waals surface area contributed by atoms with Gasteiger partial charge in [0.1, 0.15) is 5.01 Å². The Balaban J connectivity index is 1.67. The Labute approximate surface area is 148 Å². The highest BCUT2D eigenvalue weighted by Crippen LogP contribution is 2.26. The molecule has 126 valence electrons. The molecule has 1 atom stereocenters. The minimum atomic E-state index is -0.863. The van der Waals surface area contributed by atoms with Gasteiger partial charge in [-0.3, -0.25) is 9.59 Å². The Morgan fingerprint density at radius 2 is 2.08 bits per heavy atom. The van der Waals surface area contributed by atoms with Crippen LogP contribution in [0, 0.1) is 0 Å². The van der Waals surface area contributed by atoms with Gasteiger partial charge in [-0.2, -0.15) is 0 Å². The molecule has 1 aromatic heterocycles. The van der Waals surface area contributed by atoms with E-state index in [0.29, 0.717) is 11.6 Å². The van der Waals surface area contributed by atoms with Gasteiger partial charge < -0.3 is 10.0 Å². The molecule has 0 aliphatic carbocycles. The Hall–Kier alpha value is -1.92. The van der Waals surface area contributed by atoms with Crippen molar-refractivity contribution in [3.8, 4) is 10.6 Å². The summed E-state index contributed by atoms with van der Waals surface area (Å²) in [4.78, 5) is 29.6. The summed E-state index contributed by atoms with van der Waals surface area (Å²) in [5.41, 5.74) is 1.68. The molecule has 7 heteroatoms. The van der Waals surface area contributed by atoms with E-state index in [4.69, 9.17) is 16.7 Å². The third kappa shape index (κ3) is 3.94. The van der Waals surface area contributed by atoms with E-state index in [1.54, 1.807) is 4.90 Å². The lowest BCUT2D eigenvalue weighted by Gasteiger charge is -2.23. The molecule has 0 spiro atoms. The minimum Gasteiger partial charge on any atom is -0.481 e. The van der Waals surface area contributed by atoms with E-state index in [1.165, 1.54) is 11.3 Å². The molecule has 1 aliphatic rings. The summed E-state index contributed by atoms with van der Waals surface area (Å²) in [7, 11) is 0. The van der Waals surface area contributed by atoms with Gasteiger partial charge in [-0.25, -0.2) is 4.98 Å². The van der Waals surface area contributed by atoms with E-state index in [2.05, 4.69) is 4.98 Å². The molecule has 0 saturated carbocycles. The topological polar surface area (TPSA) is 70.5 Å². The van der Waals surface area contributed by atoms with Crippen LogP contribution in [-0.2, 0) is 16.0 Å². The van der Waals surface area contributed by atoms with Gasteiger partial charge in [0.15, 0.2) is 0 Å². The number of carboxylic acid groups (broad SMARTS) is 1. The van der Waals surface area contributed by atoms with Crippen LogP contribution >= 0.6 is 22.9 Å². The molecule has 0 bridgehead atoms. The minimum absolute atomic E-state index is 0.0127. The van der Waals surface area contributed by atoms with E-state index in [0.717, 1.165) is 29.1 Å². The first-order chi connectivity index (χ1) is 11.5. The monoisotopic (exact) mass is 364 g/mol. The van der Waals surface area contributed by atoms with E-state index >= 15 is 0 Å². The fraction of sp³-hybridized carbons (Fsp3) is 0.353. The van der Waals surface area contributed by atoms with E-state index in [1.807, 2.05) is 29.6 Å². The highest BCUT2D eigenvalue weighted by atomic mass is 35.5. The van der Waals surface area contributed by atoms with Crippen molar-refractivity contribution in [1.29, 1.82) is 0 Å². The third-order valence-electron chi connectivity index (χ3n) is 4.08. The molecule has 3 rings (SSSR count). The van der Waals surface area contributed by atoms with Gasteiger partial charge in [0.2, 0.25) is 5.91 Å². The number of carbonyl (C=O) groups excluding carboxylic acids is 1. The first kappa shape index (κ1) is 16.9. The second-order valence-electron chi connectivity index (χ2n) is 5.81. The van der Waals surface area contributed by atoms with Gasteiger partial charge in [0, 0.05) is 28.6 Å². The summed E-state index contributed by atoms with van der Waals surface area (Å²) in [6, 6.07) is 7.23. The van der Waals surface area contributed by atoms with Crippen molar-refractivity contribution in [3.63, 3.8) is 0 Å². The summed E-state index contributed by atoms with van der Waals surface area (Å²) < 4.78 is 0. The van der Waals surface area contributed by atoms with Crippen LogP contribution in [0.15, 0.2) is 29.6 Å². The van der Waals surface area contributed by atoms with Crippen LogP contribution < -0.4 is 0 Å². The van der Waals surface area contributed by atoms with Crippen molar-refractivity contribution in [2.45, 2.75) is 31.7 Å². The molecule has 24 heavy (non-hydrogen) atoms. The molecule has 2 aromatic rings. The molecule has 1 fully saturated rings. The van der Waals surface area contributed by atoms with Crippen LogP contribution in [0.1, 0.15) is 25.0 Å². The van der Waals surface area contributed by atoms with E-state index in [-0.39, 0.29) is 24.8 Å². The first-order valence-electron chi connectivity index (χ1n) is 7.74. The molecule has 1 N–H and O–H groups in total. The Bertz CT molecular complexity index is 745. The first-order valence-corrected chi connectivity index (χ1v) is 9.00. The average molecular weight is 365 g/mol. The van der Waals surface area contributed by atoms with Gasteiger partial charge in [-0.15, -0.1) is 11.3 Å². The second-order valence-corrected chi connectivity index (χ2v) is 7.10. The molecular weight excluding hydrogens is 348 g/mol. The van der Waals surface area contributed by atoms with Crippen molar-refractivity contribution in [3.05, 3.63) is 40.4 Å². The summed E-state index contributed by atoms with van der Waals surface area (Å²) in [6.07, 6.45) is 1.83. The Kier molecular flexibility index (Phi) is 5.16. The summed E-state index contributed by atoms with van der Waals surface area (Å²) in [5.74, 6) is -0.912. The highest BCUT2D eigenvalue weighted by molar-refractivity contribution is 7.13.